The second kappa shape index (κ2) is 8.83. The Bertz CT molecular complexity index is 487. The highest BCUT2D eigenvalue weighted by molar-refractivity contribution is 8.01. The topological polar surface area (TPSA) is 74.6 Å². The average molecular weight is 324 g/mol. The minimum atomic E-state index is -1.30. The molecule has 0 aromatic heterocycles. The second-order valence-corrected chi connectivity index (χ2v) is 7.40. The van der Waals surface area contributed by atoms with Gasteiger partial charge in [-0.3, -0.25) is 9.59 Å². The number of hydrogen-bond donors (Lipinski definition) is 2. The van der Waals surface area contributed by atoms with Crippen molar-refractivity contribution in [1.29, 1.82) is 0 Å². The van der Waals surface area contributed by atoms with Crippen LogP contribution in [-0.2, 0) is 16.0 Å². The van der Waals surface area contributed by atoms with Crippen LogP contribution in [0.25, 0.3) is 0 Å². The average Bonchev–Trinajstić information content (AvgIpc) is 2.43. The second-order valence-electron chi connectivity index (χ2n) is 5.92. The summed E-state index contributed by atoms with van der Waals surface area (Å²) in [5.74, 6) is -0.902. The summed E-state index contributed by atoms with van der Waals surface area (Å²) >= 11 is 1.26. The Labute approximate surface area is 135 Å². The van der Waals surface area contributed by atoms with Crippen LogP contribution in [0.5, 0.6) is 0 Å². The number of thioether (sulfide) groups is 1. The summed E-state index contributed by atoms with van der Waals surface area (Å²) in [6.07, 6.45) is 1.76. The number of rotatable bonds is 10. The van der Waals surface area contributed by atoms with Gasteiger partial charge in [-0.05, 0) is 30.1 Å². The van der Waals surface area contributed by atoms with Crippen molar-refractivity contribution in [2.75, 3.05) is 5.75 Å². The molecule has 0 aliphatic heterocycles. The molecule has 0 saturated carbocycles. The van der Waals surface area contributed by atoms with Crippen molar-refractivity contribution >= 4 is 23.7 Å². The molecule has 0 heterocycles. The molecule has 1 aromatic rings. The summed E-state index contributed by atoms with van der Waals surface area (Å²) in [7, 11) is 0. The maximum atomic E-state index is 11.8. The molecule has 1 unspecified atom stereocenters. The van der Waals surface area contributed by atoms with Crippen LogP contribution in [0.1, 0.15) is 38.7 Å². The maximum absolute atomic E-state index is 11.8. The van der Waals surface area contributed by atoms with Crippen molar-refractivity contribution in [2.24, 2.45) is 5.92 Å². The SMILES string of the molecule is CC(C)CCCSC(CC(=O)O)(Cc1ccccc1)C(=O)O. The standard InChI is InChI=1S/C17H24O4S/c1-13(2)7-6-10-22-17(16(20)21,12-15(18)19)11-14-8-4-3-5-9-14/h3-5,8-9,13H,6-7,10-12H2,1-2H3,(H,18,19)(H,20,21). The summed E-state index contributed by atoms with van der Waals surface area (Å²) in [5.41, 5.74) is 0.850. The zero-order valence-corrected chi connectivity index (χ0v) is 13.9. The molecular formula is C17H24O4S. The summed E-state index contributed by atoms with van der Waals surface area (Å²) in [6.45, 7) is 4.24. The van der Waals surface area contributed by atoms with Crippen molar-refractivity contribution in [3.63, 3.8) is 0 Å². The first-order valence-electron chi connectivity index (χ1n) is 7.49. The maximum Gasteiger partial charge on any atom is 0.320 e. The highest BCUT2D eigenvalue weighted by Gasteiger charge is 2.41. The molecule has 0 aliphatic rings. The van der Waals surface area contributed by atoms with Crippen LogP contribution in [0, 0.1) is 5.92 Å². The fourth-order valence-corrected chi connectivity index (χ4v) is 3.63. The zero-order valence-electron chi connectivity index (χ0n) is 13.1. The number of carboxylic acid groups (broad SMARTS) is 2. The molecule has 0 fully saturated rings. The largest absolute Gasteiger partial charge is 0.481 e. The van der Waals surface area contributed by atoms with E-state index >= 15 is 0 Å². The van der Waals surface area contributed by atoms with Gasteiger partial charge < -0.3 is 10.2 Å². The first kappa shape index (κ1) is 18.6. The minimum Gasteiger partial charge on any atom is -0.481 e. The van der Waals surface area contributed by atoms with E-state index in [2.05, 4.69) is 13.8 Å². The number of aliphatic carboxylic acids is 2. The van der Waals surface area contributed by atoms with Crippen LogP contribution >= 0.6 is 11.8 Å². The number of carboxylic acids is 2. The van der Waals surface area contributed by atoms with Crippen LogP contribution in [-0.4, -0.2) is 32.7 Å². The Kier molecular flexibility index (Phi) is 7.45. The number of carbonyl (C=O) groups is 2. The number of hydrogen-bond acceptors (Lipinski definition) is 3. The van der Waals surface area contributed by atoms with Crippen LogP contribution in [0.15, 0.2) is 30.3 Å². The zero-order chi connectivity index (χ0) is 16.6. The van der Waals surface area contributed by atoms with Gasteiger partial charge in [0, 0.05) is 0 Å². The molecule has 0 saturated heterocycles. The number of benzene rings is 1. The molecule has 0 bridgehead atoms. The van der Waals surface area contributed by atoms with E-state index in [9.17, 15) is 14.7 Å². The van der Waals surface area contributed by atoms with Crippen molar-refractivity contribution in [2.45, 2.75) is 44.3 Å². The van der Waals surface area contributed by atoms with Crippen LogP contribution < -0.4 is 0 Å². The van der Waals surface area contributed by atoms with Gasteiger partial charge in [-0.15, -0.1) is 11.8 Å². The fourth-order valence-electron chi connectivity index (χ4n) is 2.31. The normalized spacial score (nSPS) is 13.8. The quantitative estimate of drug-likeness (QED) is 0.642. The van der Waals surface area contributed by atoms with E-state index in [1.54, 1.807) is 0 Å². The Balaban J connectivity index is 2.86. The Morgan fingerprint density at radius 1 is 1.18 bits per heavy atom. The molecular weight excluding hydrogens is 300 g/mol. The predicted octanol–water partition coefficient (Wildman–Crippen LogP) is 3.70. The lowest BCUT2D eigenvalue weighted by molar-refractivity contribution is -0.146. The van der Waals surface area contributed by atoms with E-state index in [0.717, 1.165) is 18.4 Å². The van der Waals surface area contributed by atoms with Gasteiger partial charge >= 0.3 is 11.9 Å². The van der Waals surface area contributed by atoms with Crippen molar-refractivity contribution in [3.05, 3.63) is 35.9 Å². The van der Waals surface area contributed by atoms with E-state index in [-0.39, 0.29) is 12.8 Å². The lowest BCUT2D eigenvalue weighted by atomic mass is 9.95. The predicted molar refractivity (Wildman–Crippen MR) is 89.3 cm³/mol. The molecule has 1 rings (SSSR count). The summed E-state index contributed by atoms with van der Waals surface area (Å²) < 4.78 is -1.30. The molecule has 1 aromatic carbocycles. The van der Waals surface area contributed by atoms with Crippen molar-refractivity contribution in [1.82, 2.24) is 0 Å². The minimum absolute atomic E-state index is 0.224. The third-order valence-electron chi connectivity index (χ3n) is 3.46. The summed E-state index contributed by atoms with van der Waals surface area (Å²) in [5, 5.41) is 18.8. The molecule has 5 heteroatoms. The van der Waals surface area contributed by atoms with E-state index in [1.165, 1.54) is 11.8 Å². The first-order valence-corrected chi connectivity index (χ1v) is 8.47. The highest BCUT2D eigenvalue weighted by atomic mass is 32.2. The first-order chi connectivity index (χ1) is 10.4. The van der Waals surface area contributed by atoms with E-state index < -0.39 is 16.7 Å². The molecule has 0 amide bonds. The molecule has 1 atom stereocenters. The molecule has 4 nitrogen and oxygen atoms in total. The van der Waals surface area contributed by atoms with Gasteiger partial charge in [-0.25, -0.2) is 0 Å². The third kappa shape index (κ3) is 6.10. The summed E-state index contributed by atoms with van der Waals surface area (Å²) in [6, 6.07) is 9.22. The Morgan fingerprint density at radius 3 is 2.32 bits per heavy atom. The van der Waals surface area contributed by atoms with E-state index in [4.69, 9.17) is 5.11 Å². The molecule has 0 spiro atoms. The smallest absolute Gasteiger partial charge is 0.320 e. The van der Waals surface area contributed by atoms with Crippen LogP contribution in [0.4, 0.5) is 0 Å². The lowest BCUT2D eigenvalue weighted by Crippen LogP contribution is -2.40. The van der Waals surface area contributed by atoms with Gasteiger partial charge in [0.25, 0.3) is 0 Å². The Hall–Kier alpha value is -1.49. The van der Waals surface area contributed by atoms with E-state index in [1.807, 2.05) is 30.3 Å². The van der Waals surface area contributed by atoms with Gasteiger partial charge in [0.05, 0.1) is 6.42 Å². The molecule has 0 radical (unpaired) electrons. The van der Waals surface area contributed by atoms with Gasteiger partial charge in [0.2, 0.25) is 0 Å². The van der Waals surface area contributed by atoms with Gasteiger partial charge in [0.1, 0.15) is 4.75 Å². The summed E-state index contributed by atoms with van der Waals surface area (Å²) in [4.78, 5) is 23.0. The van der Waals surface area contributed by atoms with E-state index in [0.29, 0.717) is 11.7 Å². The molecule has 2 N–H and O–H groups in total. The van der Waals surface area contributed by atoms with Crippen LogP contribution in [0.3, 0.4) is 0 Å². The molecule has 122 valence electrons. The Morgan fingerprint density at radius 2 is 1.82 bits per heavy atom. The molecule has 22 heavy (non-hydrogen) atoms. The lowest BCUT2D eigenvalue weighted by Gasteiger charge is -2.27. The van der Waals surface area contributed by atoms with Crippen LogP contribution in [0.2, 0.25) is 0 Å². The van der Waals surface area contributed by atoms with Gasteiger partial charge in [-0.2, -0.15) is 0 Å². The fraction of sp³-hybridized carbons (Fsp3) is 0.529. The van der Waals surface area contributed by atoms with Gasteiger partial charge in [-0.1, -0.05) is 50.6 Å². The highest BCUT2D eigenvalue weighted by Crippen LogP contribution is 2.34. The van der Waals surface area contributed by atoms with Crippen molar-refractivity contribution in [3.8, 4) is 0 Å². The monoisotopic (exact) mass is 324 g/mol. The van der Waals surface area contributed by atoms with Gasteiger partial charge in [0.15, 0.2) is 0 Å². The third-order valence-corrected chi connectivity index (χ3v) is 4.97. The molecule has 0 aliphatic carbocycles. The van der Waals surface area contributed by atoms with Crippen molar-refractivity contribution < 1.29 is 19.8 Å².